The van der Waals surface area contributed by atoms with Crippen molar-refractivity contribution in [2.24, 2.45) is 0 Å². The summed E-state index contributed by atoms with van der Waals surface area (Å²) in [5.41, 5.74) is 3.81. The predicted octanol–water partition coefficient (Wildman–Crippen LogP) is 2.90. The van der Waals surface area contributed by atoms with Gasteiger partial charge in [0.25, 0.3) is 5.91 Å². The van der Waals surface area contributed by atoms with Gasteiger partial charge in [-0.2, -0.15) is 0 Å². The van der Waals surface area contributed by atoms with Crippen LogP contribution in [0.2, 0.25) is 0 Å². The molecular formula is C23H21NO6. The van der Waals surface area contributed by atoms with E-state index in [0.29, 0.717) is 22.6 Å². The third kappa shape index (κ3) is 4.40. The number of hydrogen-bond acceptors (Lipinski definition) is 6. The summed E-state index contributed by atoms with van der Waals surface area (Å²) in [6, 6.07) is 10.3. The number of carbonyl (C=O) groups is 4. The van der Waals surface area contributed by atoms with Crippen LogP contribution in [0.1, 0.15) is 51.1 Å². The largest absolute Gasteiger partial charge is 0.482 e. The summed E-state index contributed by atoms with van der Waals surface area (Å²) in [4.78, 5) is 48.0. The lowest BCUT2D eigenvalue weighted by Crippen LogP contribution is -2.25. The summed E-state index contributed by atoms with van der Waals surface area (Å²) in [7, 11) is 0. The van der Waals surface area contributed by atoms with Gasteiger partial charge in [-0.1, -0.05) is 12.1 Å². The number of rotatable bonds is 7. The highest BCUT2D eigenvalue weighted by Gasteiger charge is 2.19. The number of carbonyl (C=O) groups excluding carboxylic acids is 4. The highest BCUT2D eigenvalue weighted by molar-refractivity contribution is 6.02. The minimum Gasteiger partial charge on any atom is -0.482 e. The fraction of sp³-hybridized carbons (Fsp3) is 0.304. The van der Waals surface area contributed by atoms with Crippen molar-refractivity contribution >= 4 is 29.1 Å². The van der Waals surface area contributed by atoms with Crippen LogP contribution in [-0.2, 0) is 27.2 Å². The van der Waals surface area contributed by atoms with Gasteiger partial charge in [0.05, 0.1) is 12.1 Å². The number of aryl methyl sites for hydroxylation is 2. The Kier molecular flexibility index (Phi) is 5.61. The van der Waals surface area contributed by atoms with E-state index in [1.165, 1.54) is 17.2 Å². The average Bonchev–Trinajstić information content (AvgIpc) is 3.23. The molecule has 1 amide bonds. The van der Waals surface area contributed by atoms with E-state index in [4.69, 9.17) is 9.47 Å². The van der Waals surface area contributed by atoms with Crippen LogP contribution >= 0.6 is 0 Å². The quantitative estimate of drug-likeness (QED) is 0.560. The first-order valence-corrected chi connectivity index (χ1v) is 9.90. The zero-order valence-corrected chi connectivity index (χ0v) is 16.4. The van der Waals surface area contributed by atoms with Crippen molar-refractivity contribution in [1.29, 1.82) is 0 Å². The van der Waals surface area contributed by atoms with Gasteiger partial charge in [0, 0.05) is 17.5 Å². The molecule has 1 aliphatic carbocycles. The van der Waals surface area contributed by atoms with Gasteiger partial charge in [0.15, 0.2) is 24.8 Å². The molecule has 2 aromatic rings. The van der Waals surface area contributed by atoms with Crippen molar-refractivity contribution in [3.63, 3.8) is 0 Å². The van der Waals surface area contributed by atoms with Crippen molar-refractivity contribution in [3.05, 3.63) is 58.7 Å². The number of ether oxygens (including phenoxy) is 2. The monoisotopic (exact) mass is 407 g/mol. The number of amides is 1. The SMILES string of the molecule is O=C1COc2ccc(C(=O)COC(=O)CCC(=O)c3ccc4c(c3)CCC4)cc2N1. The number of benzene rings is 2. The molecule has 0 saturated carbocycles. The Hall–Kier alpha value is -3.48. The minimum atomic E-state index is -0.604. The van der Waals surface area contributed by atoms with Crippen molar-refractivity contribution in [2.75, 3.05) is 18.5 Å². The van der Waals surface area contributed by atoms with E-state index in [-0.39, 0.29) is 31.1 Å². The number of anilines is 1. The molecule has 4 rings (SSSR count). The van der Waals surface area contributed by atoms with E-state index in [0.717, 1.165) is 19.3 Å². The van der Waals surface area contributed by atoms with E-state index in [1.807, 2.05) is 12.1 Å². The molecule has 0 unspecified atom stereocenters. The van der Waals surface area contributed by atoms with Crippen molar-refractivity contribution in [3.8, 4) is 5.75 Å². The van der Waals surface area contributed by atoms with Crippen molar-refractivity contribution < 1.29 is 28.7 Å². The van der Waals surface area contributed by atoms with Gasteiger partial charge in [0.1, 0.15) is 5.75 Å². The first kappa shape index (κ1) is 19.8. The molecule has 2 aromatic carbocycles. The van der Waals surface area contributed by atoms with Gasteiger partial charge in [-0.3, -0.25) is 19.2 Å². The summed E-state index contributed by atoms with van der Waals surface area (Å²) in [5.74, 6) is -0.943. The van der Waals surface area contributed by atoms with Crippen LogP contribution in [0, 0.1) is 0 Å². The molecule has 2 aliphatic rings. The van der Waals surface area contributed by atoms with Gasteiger partial charge >= 0.3 is 5.97 Å². The van der Waals surface area contributed by atoms with Crippen molar-refractivity contribution in [2.45, 2.75) is 32.1 Å². The van der Waals surface area contributed by atoms with Gasteiger partial charge in [0.2, 0.25) is 0 Å². The standard InChI is InChI=1S/C23H21NO6/c25-19(16-5-4-14-2-1-3-15(14)10-16)7-9-23(28)30-12-20(26)17-6-8-21-18(11-17)24-22(27)13-29-21/h4-6,8,10-11H,1-3,7,9,12-13H2,(H,24,27). The van der Waals surface area contributed by atoms with E-state index in [1.54, 1.807) is 18.2 Å². The first-order valence-electron chi connectivity index (χ1n) is 9.90. The predicted molar refractivity (Wildman–Crippen MR) is 108 cm³/mol. The summed E-state index contributed by atoms with van der Waals surface area (Å²) in [6.07, 6.45) is 3.09. The molecule has 0 fully saturated rings. The first-order chi connectivity index (χ1) is 14.5. The third-order valence-electron chi connectivity index (χ3n) is 5.28. The second kappa shape index (κ2) is 8.49. The number of esters is 1. The van der Waals surface area contributed by atoms with E-state index >= 15 is 0 Å². The Morgan fingerprint density at radius 1 is 0.933 bits per heavy atom. The molecule has 154 valence electrons. The lowest BCUT2D eigenvalue weighted by Gasteiger charge is -2.18. The van der Waals surface area contributed by atoms with Gasteiger partial charge in [-0.15, -0.1) is 0 Å². The molecule has 0 radical (unpaired) electrons. The number of hydrogen-bond donors (Lipinski definition) is 1. The lowest BCUT2D eigenvalue weighted by molar-refractivity contribution is -0.142. The summed E-state index contributed by atoms with van der Waals surface area (Å²) in [5, 5.41) is 2.62. The minimum absolute atomic E-state index is 0.0357. The Balaban J connectivity index is 1.26. The maximum absolute atomic E-state index is 12.4. The van der Waals surface area contributed by atoms with E-state index < -0.39 is 18.4 Å². The molecule has 1 heterocycles. The van der Waals surface area contributed by atoms with Crippen LogP contribution in [0.3, 0.4) is 0 Å². The number of fused-ring (bicyclic) bond motifs is 2. The average molecular weight is 407 g/mol. The summed E-state index contributed by atoms with van der Waals surface area (Å²) < 4.78 is 10.3. The molecule has 7 heteroatoms. The Morgan fingerprint density at radius 2 is 1.70 bits per heavy atom. The van der Waals surface area contributed by atoms with Gasteiger partial charge in [-0.05, 0) is 54.7 Å². The molecule has 7 nitrogen and oxygen atoms in total. The van der Waals surface area contributed by atoms with Crippen LogP contribution in [0.15, 0.2) is 36.4 Å². The number of Topliss-reactive ketones (excluding diaryl/α,β-unsaturated/α-hetero) is 2. The van der Waals surface area contributed by atoms with Crippen LogP contribution in [0.4, 0.5) is 5.69 Å². The third-order valence-corrected chi connectivity index (χ3v) is 5.28. The van der Waals surface area contributed by atoms with Crippen molar-refractivity contribution in [1.82, 2.24) is 0 Å². The summed E-state index contributed by atoms with van der Waals surface area (Å²) in [6.45, 7) is -0.498. The molecule has 0 aromatic heterocycles. The molecule has 30 heavy (non-hydrogen) atoms. The van der Waals surface area contributed by atoms with Gasteiger partial charge in [-0.25, -0.2) is 0 Å². The van der Waals surface area contributed by atoms with Crippen LogP contribution in [0.25, 0.3) is 0 Å². The maximum atomic E-state index is 12.4. The smallest absolute Gasteiger partial charge is 0.306 e. The zero-order valence-electron chi connectivity index (χ0n) is 16.4. The number of ketones is 2. The van der Waals surface area contributed by atoms with E-state index in [2.05, 4.69) is 5.32 Å². The van der Waals surface area contributed by atoms with Crippen LogP contribution in [0.5, 0.6) is 5.75 Å². The molecule has 0 bridgehead atoms. The molecule has 0 saturated heterocycles. The molecule has 0 spiro atoms. The molecule has 1 N–H and O–H groups in total. The highest BCUT2D eigenvalue weighted by atomic mass is 16.5. The molecular weight excluding hydrogens is 386 g/mol. The Labute approximate surface area is 173 Å². The Morgan fingerprint density at radius 3 is 2.57 bits per heavy atom. The van der Waals surface area contributed by atoms with E-state index in [9.17, 15) is 19.2 Å². The fourth-order valence-electron chi connectivity index (χ4n) is 3.66. The molecule has 1 aliphatic heterocycles. The topological polar surface area (TPSA) is 98.8 Å². The van der Waals surface area contributed by atoms with Crippen LogP contribution < -0.4 is 10.1 Å². The maximum Gasteiger partial charge on any atom is 0.306 e. The number of nitrogens with one attached hydrogen (secondary N) is 1. The fourth-order valence-corrected chi connectivity index (χ4v) is 3.66. The second-order valence-electron chi connectivity index (χ2n) is 7.39. The Bertz CT molecular complexity index is 1040. The summed E-state index contributed by atoms with van der Waals surface area (Å²) >= 11 is 0. The zero-order chi connectivity index (χ0) is 21.1. The molecule has 0 atom stereocenters. The van der Waals surface area contributed by atoms with Gasteiger partial charge < -0.3 is 14.8 Å². The highest BCUT2D eigenvalue weighted by Crippen LogP contribution is 2.28. The normalized spacial score (nSPS) is 14.2. The van der Waals surface area contributed by atoms with Crippen LogP contribution in [-0.4, -0.2) is 36.7 Å². The second-order valence-corrected chi connectivity index (χ2v) is 7.39. The lowest BCUT2D eigenvalue weighted by atomic mass is 10.0.